The zero-order valence-electron chi connectivity index (χ0n) is 22.2. The van der Waals surface area contributed by atoms with Crippen LogP contribution in [0.15, 0.2) is 48.7 Å². The third-order valence-corrected chi connectivity index (χ3v) is 10.2. The van der Waals surface area contributed by atoms with Gasteiger partial charge in [-0.3, -0.25) is 4.79 Å². The number of sulfonamides is 1. The summed E-state index contributed by atoms with van der Waals surface area (Å²) in [5, 5.41) is 1.10. The Morgan fingerprint density at radius 3 is 2.34 bits per heavy atom. The number of benzene rings is 2. The normalized spacial score (nSPS) is 18.5. The molecule has 0 spiro atoms. The number of nitrogens with zero attached hydrogens (tertiary/aromatic N) is 2. The lowest BCUT2D eigenvalue weighted by Crippen LogP contribution is -2.39. The van der Waals surface area contributed by atoms with E-state index in [1.54, 1.807) is 4.31 Å². The summed E-state index contributed by atoms with van der Waals surface area (Å²) in [5.41, 5.74) is 10.8. The van der Waals surface area contributed by atoms with Gasteiger partial charge >= 0.3 is 0 Å². The van der Waals surface area contributed by atoms with Gasteiger partial charge in [-0.25, -0.2) is 12.7 Å². The Bertz CT molecular complexity index is 1340. The van der Waals surface area contributed by atoms with Crippen molar-refractivity contribution in [3.8, 4) is 11.1 Å². The molecule has 2 fully saturated rings. The summed E-state index contributed by atoms with van der Waals surface area (Å²) in [6, 6.07) is 14.4. The van der Waals surface area contributed by atoms with E-state index in [9.17, 15) is 13.2 Å². The average molecular weight is 537 g/mol. The number of rotatable bonds is 9. The van der Waals surface area contributed by atoms with Crippen LogP contribution in [0.2, 0.25) is 0 Å². The molecule has 0 aliphatic carbocycles. The van der Waals surface area contributed by atoms with Gasteiger partial charge in [0, 0.05) is 30.2 Å². The van der Waals surface area contributed by atoms with Crippen LogP contribution in [0, 0.1) is 0 Å². The molecule has 0 saturated carbocycles. The Hall–Kier alpha value is -2.68. The molecule has 0 unspecified atom stereocenters. The predicted molar refractivity (Wildman–Crippen MR) is 153 cm³/mol. The first-order chi connectivity index (χ1) is 18.4. The number of amides is 1. The van der Waals surface area contributed by atoms with Gasteiger partial charge in [-0.15, -0.1) is 0 Å². The highest BCUT2D eigenvalue weighted by molar-refractivity contribution is 7.89. The highest BCUT2D eigenvalue weighted by Crippen LogP contribution is 2.37. The van der Waals surface area contributed by atoms with Gasteiger partial charge < -0.3 is 15.6 Å². The zero-order chi connectivity index (χ0) is 26.5. The average Bonchev–Trinajstić information content (AvgIpc) is 3.17. The van der Waals surface area contributed by atoms with Crippen LogP contribution in [0.25, 0.3) is 22.0 Å². The molecule has 0 atom stereocenters. The maximum atomic E-state index is 13.1. The first kappa shape index (κ1) is 26.9. The summed E-state index contributed by atoms with van der Waals surface area (Å²) in [5.74, 6) is 0.139. The molecule has 1 amide bonds. The van der Waals surface area contributed by atoms with Crippen molar-refractivity contribution in [3.05, 3.63) is 59.8 Å². The molecule has 8 heteroatoms. The summed E-state index contributed by atoms with van der Waals surface area (Å²) in [4.78, 5) is 17.7. The van der Waals surface area contributed by atoms with E-state index < -0.39 is 10.0 Å². The fourth-order valence-electron chi connectivity index (χ4n) is 6.19. The molecule has 2 aliphatic rings. The van der Waals surface area contributed by atoms with Crippen LogP contribution >= 0.6 is 0 Å². The summed E-state index contributed by atoms with van der Waals surface area (Å²) in [6.45, 7) is 4.18. The topological polar surface area (TPSA) is 99.5 Å². The third kappa shape index (κ3) is 6.30. The van der Waals surface area contributed by atoms with Gasteiger partial charge in [0.2, 0.25) is 15.9 Å². The lowest BCUT2D eigenvalue weighted by Gasteiger charge is -2.31. The van der Waals surface area contributed by atoms with Crippen LogP contribution in [-0.4, -0.2) is 67.0 Å². The Morgan fingerprint density at radius 1 is 0.947 bits per heavy atom. The van der Waals surface area contributed by atoms with E-state index in [0.717, 1.165) is 60.1 Å². The molecular weight excluding hydrogens is 496 g/mol. The minimum Gasteiger partial charge on any atom is -0.369 e. The minimum absolute atomic E-state index is 0.172. The van der Waals surface area contributed by atoms with E-state index in [0.29, 0.717) is 19.5 Å². The molecule has 5 rings (SSSR count). The van der Waals surface area contributed by atoms with Gasteiger partial charge in [0.25, 0.3) is 0 Å². The first-order valence-corrected chi connectivity index (χ1v) is 15.7. The number of primary amides is 1. The third-order valence-electron chi connectivity index (χ3n) is 8.24. The fourth-order valence-corrected chi connectivity index (χ4v) is 7.71. The highest BCUT2D eigenvalue weighted by Gasteiger charge is 2.30. The van der Waals surface area contributed by atoms with E-state index in [4.69, 9.17) is 5.73 Å². The standard InChI is InChI=1S/C30H40N4O3S/c31-29(35)21-26-19-25(23-9-4-3-5-10-23)20-27-28(22-32-30(26)27)24-11-16-34(17-12-24)38(36,37)18-8-15-33-13-6-1-2-7-14-33/h3-5,9-10,19-20,22,24,32H,1-2,6-8,11-18,21H2,(H2,31,35). The number of nitrogens with two attached hydrogens (primary N) is 1. The van der Waals surface area contributed by atoms with Gasteiger partial charge in [-0.05, 0) is 92.0 Å². The number of aromatic nitrogens is 1. The van der Waals surface area contributed by atoms with E-state index in [2.05, 4.69) is 28.1 Å². The molecule has 204 valence electrons. The number of H-pyrrole nitrogens is 1. The van der Waals surface area contributed by atoms with Crippen molar-refractivity contribution in [2.45, 2.75) is 57.3 Å². The summed E-state index contributed by atoms with van der Waals surface area (Å²) in [6.07, 6.45) is 9.54. The highest BCUT2D eigenvalue weighted by atomic mass is 32.2. The Balaban J connectivity index is 1.28. The van der Waals surface area contributed by atoms with Crippen molar-refractivity contribution in [1.29, 1.82) is 0 Å². The van der Waals surface area contributed by atoms with Crippen molar-refractivity contribution in [2.24, 2.45) is 5.73 Å². The maximum absolute atomic E-state index is 13.1. The van der Waals surface area contributed by atoms with Crippen LogP contribution < -0.4 is 5.73 Å². The largest absolute Gasteiger partial charge is 0.369 e. The van der Waals surface area contributed by atoms with Crippen LogP contribution in [0.4, 0.5) is 0 Å². The van der Waals surface area contributed by atoms with Gasteiger partial charge in [0.15, 0.2) is 0 Å². The minimum atomic E-state index is -3.24. The van der Waals surface area contributed by atoms with E-state index in [1.165, 1.54) is 31.2 Å². The number of hydrogen-bond donors (Lipinski definition) is 2. The van der Waals surface area contributed by atoms with E-state index in [1.807, 2.05) is 30.5 Å². The summed E-state index contributed by atoms with van der Waals surface area (Å²) in [7, 11) is -3.24. The molecule has 3 N–H and O–H groups in total. The molecule has 0 bridgehead atoms. The van der Waals surface area contributed by atoms with Crippen molar-refractivity contribution in [2.75, 3.05) is 38.5 Å². The van der Waals surface area contributed by atoms with Crippen LogP contribution in [-0.2, 0) is 21.2 Å². The van der Waals surface area contributed by atoms with E-state index >= 15 is 0 Å². The smallest absolute Gasteiger partial charge is 0.221 e. The molecule has 0 radical (unpaired) electrons. The monoisotopic (exact) mass is 536 g/mol. The molecule has 2 saturated heterocycles. The Labute approximate surface area is 226 Å². The SMILES string of the molecule is NC(=O)Cc1cc(-c2ccccc2)cc2c(C3CCN(S(=O)(=O)CCCN4CCCCCC4)CC3)c[nH]c12. The lowest BCUT2D eigenvalue weighted by molar-refractivity contribution is -0.117. The molecule has 2 aromatic carbocycles. The second kappa shape index (κ2) is 12.0. The number of hydrogen-bond acceptors (Lipinski definition) is 4. The van der Waals surface area contributed by atoms with Gasteiger partial charge in [0.1, 0.15) is 0 Å². The van der Waals surface area contributed by atoms with Gasteiger partial charge in [-0.1, -0.05) is 43.2 Å². The second-order valence-corrected chi connectivity index (χ2v) is 13.0. The van der Waals surface area contributed by atoms with Gasteiger partial charge in [-0.2, -0.15) is 0 Å². The molecular formula is C30H40N4O3S. The fraction of sp³-hybridized carbons (Fsp3) is 0.500. The molecule has 7 nitrogen and oxygen atoms in total. The van der Waals surface area contributed by atoms with Crippen molar-refractivity contribution >= 4 is 26.8 Å². The predicted octanol–water partition coefficient (Wildman–Crippen LogP) is 4.64. The second-order valence-electron chi connectivity index (χ2n) is 10.9. The molecule has 38 heavy (non-hydrogen) atoms. The number of carbonyl (C=O) groups is 1. The summed E-state index contributed by atoms with van der Waals surface area (Å²) >= 11 is 0. The van der Waals surface area contributed by atoms with Crippen LogP contribution in [0.1, 0.15) is 62.0 Å². The number of piperidine rings is 1. The Morgan fingerprint density at radius 2 is 1.66 bits per heavy atom. The van der Waals surface area contributed by atoms with Gasteiger partial charge in [0.05, 0.1) is 12.2 Å². The number of likely N-dealkylation sites (tertiary alicyclic amines) is 1. The quantitative estimate of drug-likeness (QED) is 0.416. The zero-order valence-corrected chi connectivity index (χ0v) is 23.0. The van der Waals surface area contributed by atoms with Crippen molar-refractivity contribution < 1.29 is 13.2 Å². The molecule has 1 aromatic heterocycles. The lowest BCUT2D eigenvalue weighted by atomic mass is 9.88. The number of fused-ring (bicyclic) bond motifs is 1. The number of nitrogens with one attached hydrogen (secondary N) is 1. The molecule has 2 aliphatic heterocycles. The van der Waals surface area contributed by atoms with Crippen molar-refractivity contribution in [3.63, 3.8) is 0 Å². The number of aromatic amines is 1. The number of carbonyl (C=O) groups excluding carboxylic acids is 1. The van der Waals surface area contributed by atoms with Crippen LogP contribution in [0.5, 0.6) is 0 Å². The van der Waals surface area contributed by atoms with Crippen LogP contribution in [0.3, 0.4) is 0 Å². The Kier molecular flexibility index (Phi) is 8.51. The summed E-state index contributed by atoms with van der Waals surface area (Å²) < 4.78 is 27.9. The first-order valence-electron chi connectivity index (χ1n) is 14.1. The molecule has 3 aromatic rings. The van der Waals surface area contributed by atoms with Crippen molar-refractivity contribution in [1.82, 2.24) is 14.2 Å². The van der Waals surface area contributed by atoms with E-state index in [-0.39, 0.29) is 24.0 Å². The maximum Gasteiger partial charge on any atom is 0.221 e. The molecule has 3 heterocycles.